The fourth-order valence-corrected chi connectivity index (χ4v) is 1.71. The molecular formula is C12H14ClN3O2. The Morgan fingerprint density at radius 1 is 1.56 bits per heavy atom. The van der Waals surface area contributed by atoms with Gasteiger partial charge in [0.25, 0.3) is 0 Å². The molecule has 0 aliphatic carbocycles. The van der Waals surface area contributed by atoms with Crippen molar-refractivity contribution in [3.63, 3.8) is 0 Å². The Morgan fingerprint density at radius 3 is 3.17 bits per heavy atom. The third-order valence-electron chi connectivity index (χ3n) is 2.43. The number of benzene rings is 1. The average Bonchev–Trinajstić information content (AvgIpc) is 2.69. The Bertz CT molecular complexity index is 553. The van der Waals surface area contributed by atoms with Crippen LogP contribution in [0.15, 0.2) is 18.2 Å². The Kier molecular flexibility index (Phi) is 4.04. The van der Waals surface area contributed by atoms with Gasteiger partial charge in [0, 0.05) is 5.69 Å². The van der Waals surface area contributed by atoms with Crippen molar-refractivity contribution in [3.05, 3.63) is 23.5 Å². The van der Waals surface area contributed by atoms with Crippen molar-refractivity contribution in [2.24, 2.45) is 0 Å². The van der Waals surface area contributed by atoms with Crippen LogP contribution in [0.4, 0.5) is 10.5 Å². The molecule has 2 rings (SSSR count). The molecule has 0 bridgehead atoms. The number of anilines is 1. The number of hydrogen-bond acceptors (Lipinski definition) is 3. The molecular weight excluding hydrogens is 254 g/mol. The number of rotatable bonds is 4. The molecule has 6 heteroatoms. The third kappa shape index (κ3) is 3.13. The number of imidazole rings is 1. The van der Waals surface area contributed by atoms with Crippen LogP contribution in [-0.2, 0) is 4.74 Å². The van der Waals surface area contributed by atoms with Crippen LogP contribution in [0.1, 0.15) is 19.8 Å². The van der Waals surface area contributed by atoms with Gasteiger partial charge in [-0.05, 0) is 36.2 Å². The molecule has 1 heterocycles. The molecule has 0 unspecified atom stereocenters. The average molecular weight is 268 g/mol. The molecule has 96 valence electrons. The van der Waals surface area contributed by atoms with E-state index in [1.807, 2.05) is 6.92 Å². The summed E-state index contributed by atoms with van der Waals surface area (Å²) < 4.78 is 5.00. The van der Waals surface area contributed by atoms with Gasteiger partial charge >= 0.3 is 6.09 Å². The fraction of sp³-hybridized carbons (Fsp3) is 0.333. The lowest BCUT2D eigenvalue weighted by molar-refractivity contribution is 0.160. The number of ether oxygens (including phenoxy) is 1. The number of halogens is 1. The molecule has 0 spiro atoms. The highest BCUT2D eigenvalue weighted by atomic mass is 35.5. The van der Waals surface area contributed by atoms with Gasteiger partial charge in [0.1, 0.15) is 0 Å². The molecule has 2 N–H and O–H groups in total. The van der Waals surface area contributed by atoms with Crippen LogP contribution in [0, 0.1) is 0 Å². The molecule has 2 aromatic rings. The lowest BCUT2D eigenvalue weighted by Gasteiger charge is -2.06. The maximum Gasteiger partial charge on any atom is 0.411 e. The minimum absolute atomic E-state index is 0.327. The molecule has 5 nitrogen and oxygen atoms in total. The van der Waals surface area contributed by atoms with Gasteiger partial charge in [-0.3, -0.25) is 5.32 Å². The van der Waals surface area contributed by atoms with E-state index in [0.717, 1.165) is 23.9 Å². The van der Waals surface area contributed by atoms with Gasteiger partial charge in [-0.1, -0.05) is 13.3 Å². The SMILES string of the molecule is CCCCOC(=O)Nc1ccc2nc(Cl)[nH]c2c1. The largest absolute Gasteiger partial charge is 0.449 e. The summed E-state index contributed by atoms with van der Waals surface area (Å²) in [4.78, 5) is 18.4. The van der Waals surface area contributed by atoms with E-state index >= 15 is 0 Å². The maximum atomic E-state index is 11.4. The van der Waals surface area contributed by atoms with Crippen molar-refractivity contribution >= 4 is 34.4 Å². The van der Waals surface area contributed by atoms with Gasteiger partial charge in [-0.15, -0.1) is 0 Å². The molecule has 0 fully saturated rings. The Balaban J connectivity index is 2.00. The van der Waals surface area contributed by atoms with Crippen LogP contribution in [0.5, 0.6) is 0 Å². The number of unbranched alkanes of at least 4 members (excludes halogenated alkanes) is 1. The van der Waals surface area contributed by atoms with Crippen LogP contribution in [0.3, 0.4) is 0 Å². The van der Waals surface area contributed by atoms with Crippen LogP contribution in [-0.4, -0.2) is 22.7 Å². The van der Waals surface area contributed by atoms with Crippen LogP contribution >= 0.6 is 11.6 Å². The second kappa shape index (κ2) is 5.73. The smallest absolute Gasteiger partial charge is 0.411 e. The first-order valence-electron chi connectivity index (χ1n) is 5.78. The zero-order valence-electron chi connectivity index (χ0n) is 10.00. The maximum absolute atomic E-state index is 11.4. The quantitative estimate of drug-likeness (QED) is 0.832. The molecule has 0 saturated carbocycles. The van der Waals surface area contributed by atoms with Gasteiger partial charge in [-0.2, -0.15) is 0 Å². The number of carbonyl (C=O) groups excluding carboxylic acids is 1. The first-order valence-corrected chi connectivity index (χ1v) is 6.16. The highest BCUT2D eigenvalue weighted by Crippen LogP contribution is 2.19. The number of carbonyl (C=O) groups is 1. The third-order valence-corrected chi connectivity index (χ3v) is 2.61. The molecule has 0 aliphatic rings. The van der Waals surface area contributed by atoms with Gasteiger partial charge in [0.05, 0.1) is 17.6 Å². The Labute approximate surface area is 109 Å². The molecule has 18 heavy (non-hydrogen) atoms. The molecule has 1 aromatic heterocycles. The predicted octanol–water partition coefficient (Wildman–Crippen LogP) is 3.56. The van der Waals surface area contributed by atoms with E-state index in [4.69, 9.17) is 16.3 Å². The summed E-state index contributed by atoms with van der Waals surface area (Å²) in [5.74, 6) is 0. The second-order valence-electron chi connectivity index (χ2n) is 3.87. The van der Waals surface area contributed by atoms with Gasteiger partial charge in [0.2, 0.25) is 5.28 Å². The molecule has 1 aromatic carbocycles. The number of fused-ring (bicyclic) bond motifs is 1. The van der Waals surface area contributed by atoms with E-state index in [2.05, 4.69) is 15.3 Å². The van der Waals surface area contributed by atoms with Crippen molar-refractivity contribution in [1.29, 1.82) is 0 Å². The highest BCUT2D eigenvalue weighted by molar-refractivity contribution is 6.29. The Hall–Kier alpha value is -1.75. The summed E-state index contributed by atoms with van der Waals surface area (Å²) in [6.45, 7) is 2.47. The van der Waals surface area contributed by atoms with Crippen LogP contribution in [0.25, 0.3) is 11.0 Å². The van der Waals surface area contributed by atoms with Crippen molar-refractivity contribution in [1.82, 2.24) is 9.97 Å². The van der Waals surface area contributed by atoms with Gasteiger partial charge in [0.15, 0.2) is 0 Å². The molecule has 0 aliphatic heterocycles. The number of H-pyrrole nitrogens is 1. The summed E-state index contributed by atoms with van der Waals surface area (Å²) in [5.41, 5.74) is 2.17. The number of nitrogens with zero attached hydrogens (tertiary/aromatic N) is 1. The highest BCUT2D eigenvalue weighted by Gasteiger charge is 2.05. The van der Waals surface area contributed by atoms with Gasteiger partial charge in [-0.25, -0.2) is 9.78 Å². The van der Waals surface area contributed by atoms with E-state index in [1.54, 1.807) is 18.2 Å². The first kappa shape index (κ1) is 12.7. The second-order valence-corrected chi connectivity index (χ2v) is 4.23. The minimum atomic E-state index is -0.451. The summed E-state index contributed by atoms with van der Waals surface area (Å²) in [5, 5.41) is 2.98. The number of nitrogens with one attached hydrogen (secondary N) is 2. The topological polar surface area (TPSA) is 67.0 Å². The van der Waals surface area contributed by atoms with Crippen molar-refractivity contribution in [2.45, 2.75) is 19.8 Å². The molecule has 0 atom stereocenters. The van der Waals surface area contributed by atoms with E-state index in [-0.39, 0.29) is 0 Å². The Morgan fingerprint density at radius 2 is 2.39 bits per heavy atom. The summed E-state index contributed by atoms with van der Waals surface area (Å²) in [7, 11) is 0. The van der Waals surface area contributed by atoms with E-state index in [9.17, 15) is 4.79 Å². The number of amides is 1. The lowest BCUT2D eigenvalue weighted by Crippen LogP contribution is -2.14. The molecule has 1 amide bonds. The van der Waals surface area contributed by atoms with Crippen LogP contribution in [0.2, 0.25) is 5.28 Å². The molecule has 0 radical (unpaired) electrons. The zero-order chi connectivity index (χ0) is 13.0. The predicted molar refractivity (Wildman–Crippen MR) is 71.0 cm³/mol. The number of aromatic amines is 1. The van der Waals surface area contributed by atoms with Crippen molar-refractivity contribution < 1.29 is 9.53 Å². The lowest BCUT2D eigenvalue weighted by atomic mass is 10.3. The molecule has 0 saturated heterocycles. The number of aromatic nitrogens is 2. The normalized spacial score (nSPS) is 10.6. The van der Waals surface area contributed by atoms with E-state index in [1.165, 1.54) is 0 Å². The summed E-state index contributed by atoms with van der Waals surface area (Å²) in [6, 6.07) is 5.29. The van der Waals surface area contributed by atoms with Crippen molar-refractivity contribution in [2.75, 3.05) is 11.9 Å². The van der Waals surface area contributed by atoms with E-state index < -0.39 is 6.09 Å². The van der Waals surface area contributed by atoms with E-state index in [0.29, 0.717) is 17.6 Å². The minimum Gasteiger partial charge on any atom is -0.449 e. The monoisotopic (exact) mass is 267 g/mol. The summed E-state index contributed by atoms with van der Waals surface area (Å²) in [6.07, 6.45) is 1.41. The fourth-order valence-electron chi connectivity index (χ4n) is 1.52. The standard InChI is InChI=1S/C12H14ClN3O2/c1-2-3-6-18-12(17)14-8-4-5-9-10(7-8)16-11(13)15-9/h4-5,7H,2-3,6H2,1H3,(H,14,17)(H,15,16). The van der Waals surface area contributed by atoms with Crippen molar-refractivity contribution in [3.8, 4) is 0 Å². The zero-order valence-corrected chi connectivity index (χ0v) is 10.8. The first-order chi connectivity index (χ1) is 8.69. The van der Waals surface area contributed by atoms with Gasteiger partial charge < -0.3 is 9.72 Å². The van der Waals surface area contributed by atoms with Crippen LogP contribution < -0.4 is 5.32 Å². The summed E-state index contributed by atoms with van der Waals surface area (Å²) >= 11 is 5.75. The number of hydrogen-bond donors (Lipinski definition) is 2.